The Labute approximate surface area is 109 Å². The number of benzene rings is 1. The van der Waals surface area contributed by atoms with E-state index in [1.807, 2.05) is 24.3 Å². The van der Waals surface area contributed by atoms with Crippen LogP contribution in [-0.2, 0) is 4.74 Å². The summed E-state index contributed by atoms with van der Waals surface area (Å²) in [6, 6.07) is 7.50. The maximum absolute atomic E-state index is 5.85. The summed E-state index contributed by atoms with van der Waals surface area (Å²) in [5.74, 6) is 1.62. The number of ether oxygens (including phenoxy) is 2. The van der Waals surface area contributed by atoms with Crippen molar-refractivity contribution in [3.05, 3.63) is 24.3 Å². The van der Waals surface area contributed by atoms with Crippen molar-refractivity contribution in [2.45, 2.75) is 38.7 Å². The molecule has 1 saturated carbocycles. The lowest BCUT2D eigenvalue weighted by Crippen LogP contribution is -2.23. The maximum atomic E-state index is 5.85. The summed E-state index contributed by atoms with van der Waals surface area (Å²) < 4.78 is 11.4. The summed E-state index contributed by atoms with van der Waals surface area (Å²) in [7, 11) is 0. The molecule has 0 aliphatic heterocycles. The molecule has 1 aliphatic rings. The van der Waals surface area contributed by atoms with Gasteiger partial charge < -0.3 is 15.2 Å². The van der Waals surface area contributed by atoms with Crippen LogP contribution in [0.2, 0.25) is 0 Å². The average Bonchev–Trinajstić information content (AvgIpc) is 2.35. The van der Waals surface area contributed by atoms with Crippen LogP contribution in [0.25, 0.3) is 0 Å². The minimum atomic E-state index is 0.429. The molecule has 0 saturated heterocycles. The monoisotopic (exact) mass is 249 g/mol. The standard InChI is InChI=1S/C15H23NO2/c1-12-4-2-6-14(10-12)17-8-9-18-15-7-3-5-13(16)11-15/h3,5,7,11-12,14H,2,4,6,8-10,16H2,1H3. The Morgan fingerprint density at radius 1 is 1.28 bits per heavy atom. The van der Waals surface area contributed by atoms with Gasteiger partial charge in [-0.2, -0.15) is 0 Å². The summed E-state index contributed by atoms with van der Waals surface area (Å²) >= 11 is 0. The summed E-state index contributed by atoms with van der Waals surface area (Å²) in [5.41, 5.74) is 6.41. The fourth-order valence-electron chi connectivity index (χ4n) is 2.51. The minimum absolute atomic E-state index is 0.429. The van der Waals surface area contributed by atoms with Gasteiger partial charge in [-0.1, -0.05) is 25.8 Å². The highest BCUT2D eigenvalue weighted by Crippen LogP contribution is 2.25. The van der Waals surface area contributed by atoms with Gasteiger partial charge in [0.15, 0.2) is 0 Å². The van der Waals surface area contributed by atoms with Gasteiger partial charge in [0.2, 0.25) is 0 Å². The highest BCUT2D eigenvalue weighted by atomic mass is 16.5. The molecule has 0 spiro atoms. The number of rotatable bonds is 5. The molecule has 1 aromatic carbocycles. The van der Waals surface area contributed by atoms with Gasteiger partial charge in [-0.25, -0.2) is 0 Å². The third kappa shape index (κ3) is 4.22. The highest BCUT2D eigenvalue weighted by Gasteiger charge is 2.18. The molecule has 0 aromatic heterocycles. The van der Waals surface area contributed by atoms with E-state index in [1.165, 1.54) is 25.7 Å². The second-order valence-electron chi connectivity index (χ2n) is 5.19. The van der Waals surface area contributed by atoms with E-state index < -0.39 is 0 Å². The van der Waals surface area contributed by atoms with E-state index in [-0.39, 0.29) is 0 Å². The predicted octanol–water partition coefficient (Wildman–Crippen LogP) is 3.24. The second kappa shape index (κ2) is 6.64. The Morgan fingerprint density at radius 3 is 2.94 bits per heavy atom. The molecule has 1 aromatic rings. The quantitative estimate of drug-likeness (QED) is 0.643. The lowest BCUT2D eigenvalue weighted by Gasteiger charge is -2.26. The average molecular weight is 249 g/mol. The van der Waals surface area contributed by atoms with Crippen LogP contribution in [0.5, 0.6) is 5.75 Å². The number of nitrogen functional groups attached to an aromatic ring is 1. The summed E-state index contributed by atoms with van der Waals surface area (Å²) in [6.45, 7) is 3.55. The van der Waals surface area contributed by atoms with Gasteiger partial charge >= 0.3 is 0 Å². The van der Waals surface area contributed by atoms with Crippen LogP contribution < -0.4 is 10.5 Å². The molecule has 3 heteroatoms. The van der Waals surface area contributed by atoms with E-state index in [4.69, 9.17) is 15.2 Å². The van der Waals surface area contributed by atoms with Crippen molar-refractivity contribution in [2.75, 3.05) is 18.9 Å². The van der Waals surface area contributed by atoms with Crippen LogP contribution in [-0.4, -0.2) is 19.3 Å². The van der Waals surface area contributed by atoms with Gasteiger partial charge in [-0.3, -0.25) is 0 Å². The van der Waals surface area contributed by atoms with Crippen molar-refractivity contribution < 1.29 is 9.47 Å². The lowest BCUT2D eigenvalue weighted by atomic mass is 9.89. The predicted molar refractivity (Wildman–Crippen MR) is 73.7 cm³/mol. The molecule has 1 fully saturated rings. The van der Waals surface area contributed by atoms with E-state index in [0.717, 1.165) is 17.4 Å². The zero-order chi connectivity index (χ0) is 12.8. The number of hydrogen-bond donors (Lipinski definition) is 1. The summed E-state index contributed by atoms with van der Waals surface area (Å²) in [6.07, 6.45) is 5.46. The van der Waals surface area contributed by atoms with Gasteiger partial charge in [0.25, 0.3) is 0 Å². The van der Waals surface area contributed by atoms with Crippen molar-refractivity contribution >= 4 is 5.69 Å². The molecule has 2 N–H and O–H groups in total. The van der Waals surface area contributed by atoms with E-state index in [1.54, 1.807) is 0 Å². The molecule has 2 unspecified atom stereocenters. The first-order valence-electron chi connectivity index (χ1n) is 6.84. The molecule has 0 bridgehead atoms. The molecule has 0 amide bonds. The maximum Gasteiger partial charge on any atom is 0.121 e. The molecule has 1 aliphatic carbocycles. The van der Waals surface area contributed by atoms with Gasteiger partial charge in [0.05, 0.1) is 12.7 Å². The third-order valence-corrected chi connectivity index (χ3v) is 3.45. The summed E-state index contributed by atoms with van der Waals surface area (Å²) in [5, 5.41) is 0. The Bertz CT molecular complexity index is 367. The van der Waals surface area contributed by atoms with E-state index >= 15 is 0 Å². The largest absolute Gasteiger partial charge is 0.491 e. The van der Waals surface area contributed by atoms with Gasteiger partial charge in [-0.15, -0.1) is 0 Å². The van der Waals surface area contributed by atoms with Crippen molar-refractivity contribution in [3.8, 4) is 5.75 Å². The van der Waals surface area contributed by atoms with Crippen LogP contribution in [0, 0.1) is 5.92 Å². The lowest BCUT2D eigenvalue weighted by molar-refractivity contribution is 0.00197. The molecule has 3 nitrogen and oxygen atoms in total. The molecule has 2 atom stereocenters. The van der Waals surface area contributed by atoms with Crippen molar-refractivity contribution in [1.29, 1.82) is 0 Å². The zero-order valence-corrected chi connectivity index (χ0v) is 11.1. The van der Waals surface area contributed by atoms with Crippen LogP contribution in [0.15, 0.2) is 24.3 Å². The van der Waals surface area contributed by atoms with Gasteiger partial charge in [0.1, 0.15) is 12.4 Å². The van der Waals surface area contributed by atoms with Crippen molar-refractivity contribution in [2.24, 2.45) is 5.92 Å². The number of hydrogen-bond acceptors (Lipinski definition) is 3. The van der Waals surface area contributed by atoms with Crippen molar-refractivity contribution in [1.82, 2.24) is 0 Å². The topological polar surface area (TPSA) is 44.5 Å². The number of nitrogens with two attached hydrogens (primary N) is 1. The van der Waals surface area contributed by atoms with Crippen LogP contribution in [0.1, 0.15) is 32.6 Å². The number of anilines is 1. The van der Waals surface area contributed by atoms with Gasteiger partial charge in [0, 0.05) is 11.8 Å². The van der Waals surface area contributed by atoms with Crippen LogP contribution in [0.4, 0.5) is 5.69 Å². The first-order valence-corrected chi connectivity index (χ1v) is 6.84. The highest BCUT2D eigenvalue weighted by molar-refractivity contribution is 5.43. The Kier molecular flexibility index (Phi) is 4.88. The third-order valence-electron chi connectivity index (χ3n) is 3.45. The first-order chi connectivity index (χ1) is 8.74. The van der Waals surface area contributed by atoms with E-state index in [2.05, 4.69) is 6.92 Å². The molecular weight excluding hydrogens is 226 g/mol. The van der Waals surface area contributed by atoms with Crippen LogP contribution in [0.3, 0.4) is 0 Å². The Morgan fingerprint density at radius 2 is 2.17 bits per heavy atom. The normalized spacial score (nSPS) is 23.8. The van der Waals surface area contributed by atoms with Crippen molar-refractivity contribution in [3.63, 3.8) is 0 Å². The molecule has 0 radical (unpaired) electrons. The molecule has 18 heavy (non-hydrogen) atoms. The molecule has 2 rings (SSSR count). The first kappa shape index (κ1) is 13.2. The van der Waals surface area contributed by atoms with E-state index in [9.17, 15) is 0 Å². The Balaban J connectivity index is 1.64. The molecule has 100 valence electrons. The van der Waals surface area contributed by atoms with Gasteiger partial charge in [-0.05, 0) is 30.9 Å². The fraction of sp³-hybridized carbons (Fsp3) is 0.600. The second-order valence-corrected chi connectivity index (χ2v) is 5.19. The molecular formula is C15H23NO2. The Hall–Kier alpha value is -1.22. The molecule has 0 heterocycles. The fourth-order valence-corrected chi connectivity index (χ4v) is 2.51. The zero-order valence-electron chi connectivity index (χ0n) is 11.1. The smallest absolute Gasteiger partial charge is 0.121 e. The minimum Gasteiger partial charge on any atom is -0.491 e. The van der Waals surface area contributed by atoms with E-state index in [0.29, 0.717) is 19.3 Å². The van der Waals surface area contributed by atoms with Crippen LogP contribution >= 0.6 is 0 Å². The summed E-state index contributed by atoms with van der Waals surface area (Å²) in [4.78, 5) is 0. The SMILES string of the molecule is CC1CCCC(OCCOc2cccc(N)c2)C1.